The Kier molecular flexibility index (Phi) is 5.87. The van der Waals surface area contributed by atoms with Crippen molar-refractivity contribution in [1.29, 1.82) is 0 Å². The highest BCUT2D eigenvalue weighted by atomic mass is 19.1. The molecule has 3 heteroatoms. The summed E-state index contributed by atoms with van der Waals surface area (Å²) in [6.07, 6.45) is 4.25. The summed E-state index contributed by atoms with van der Waals surface area (Å²) >= 11 is 0. The Morgan fingerprint density at radius 2 is 1.67 bits per heavy atom. The van der Waals surface area contributed by atoms with Crippen LogP contribution in [0.4, 0.5) is 4.39 Å². The van der Waals surface area contributed by atoms with Crippen molar-refractivity contribution in [2.45, 2.75) is 57.8 Å². The van der Waals surface area contributed by atoms with Gasteiger partial charge in [0.15, 0.2) is 0 Å². The van der Waals surface area contributed by atoms with Crippen LogP contribution in [0.2, 0.25) is 0 Å². The topological polar surface area (TPSA) is 40.5 Å². The van der Waals surface area contributed by atoms with Crippen LogP contribution in [0, 0.1) is 5.82 Å². The Balaban J connectivity index is 2.43. The van der Waals surface area contributed by atoms with E-state index in [0.29, 0.717) is 0 Å². The van der Waals surface area contributed by atoms with Crippen molar-refractivity contribution in [1.82, 2.24) is 0 Å². The molecule has 0 fully saturated rings. The number of hydrogen-bond donors (Lipinski definition) is 2. The maximum atomic E-state index is 13.8. The number of unbranched alkanes of at least 4 members (excludes halogenated alkanes) is 2. The maximum Gasteiger partial charge on any atom is 0.123 e. The number of phenols is 2. The molecule has 0 spiro atoms. The normalized spacial score (nSPS) is 13.0. The SMILES string of the molecule is CCCCC[C@@H](c1cccc(F)c1)C(C)(C)c1cc(O)cc(O)c1. The highest BCUT2D eigenvalue weighted by molar-refractivity contribution is 5.42. The third-order valence-electron chi connectivity index (χ3n) is 4.87. The Morgan fingerprint density at radius 3 is 2.25 bits per heavy atom. The van der Waals surface area contributed by atoms with E-state index in [0.717, 1.165) is 36.8 Å². The summed E-state index contributed by atoms with van der Waals surface area (Å²) in [5, 5.41) is 19.7. The van der Waals surface area contributed by atoms with E-state index in [-0.39, 0.29) is 28.6 Å². The molecular weight excluding hydrogens is 303 g/mol. The molecule has 0 amide bonds. The van der Waals surface area contributed by atoms with Crippen LogP contribution in [0.25, 0.3) is 0 Å². The fourth-order valence-electron chi connectivity index (χ4n) is 3.43. The zero-order valence-electron chi connectivity index (χ0n) is 14.7. The summed E-state index contributed by atoms with van der Waals surface area (Å²) in [5.41, 5.74) is 1.46. The van der Waals surface area contributed by atoms with Crippen LogP contribution in [0.5, 0.6) is 11.5 Å². The fourth-order valence-corrected chi connectivity index (χ4v) is 3.43. The fraction of sp³-hybridized carbons (Fsp3) is 0.429. The summed E-state index contributed by atoms with van der Waals surface area (Å²) < 4.78 is 13.8. The van der Waals surface area contributed by atoms with Gasteiger partial charge in [0, 0.05) is 6.07 Å². The number of aromatic hydroxyl groups is 2. The number of phenolic OH excluding ortho intramolecular Hbond substituents is 2. The van der Waals surface area contributed by atoms with Gasteiger partial charge in [-0.15, -0.1) is 0 Å². The van der Waals surface area contributed by atoms with Crippen LogP contribution < -0.4 is 0 Å². The lowest BCUT2D eigenvalue weighted by atomic mass is 9.68. The number of benzene rings is 2. The Labute approximate surface area is 144 Å². The molecule has 0 saturated heterocycles. The average molecular weight is 330 g/mol. The highest BCUT2D eigenvalue weighted by Gasteiger charge is 2.33. The lowest BCUT2D eigenvalue weighted by Crippen LogP contribution is -2.27. The minimum Gasteiger partial charge on any atom is -0.508 e. The van der Waals surface area contributed by atoms with E-state index in [1.807, 2.05) is 6.07 Å². The average Bonchev–Trinajstić information content (AvgIpc) is 2.50. The van der Waals surface area contributed by atoms with Gasteiger partial charge in [0.1, 0.15) is 17.3 Å². The van der Waals surface area contributed by atoms with Gasteiger partial charge in [0.25, 0.3) is 0 Å². The van der Waals surface area contributed by atoms with Crippen LogP contribution in [0.15, 0.2) is 42.5 Å². The molecule has 24 heavy (non-hydrogen) atoms. The highest BCUT2D eigenvalue weighted by Crippen LogP contribution is 2.43. The second kappa shape index (κ2) is 7.69. The molecule has 0 unspecified atom stereocenters. The largest absolute Gasteiger partial charge is 0.508 e. The first-order chi connectivity index (χ1) is 11.3. The molecule has 0 bridgehead atoms. The first kappa shape index (κ1) is 18.3. The van der Waals surface area contributed by atoms with Gasteiger partial charge in [-0.3, -0.25) is 0 Å². The van der Waals surface area contributed by atoms with E-state index in [1.54, 1.807) is 24.3 Å². The molecule has 0 heterocycles. The van der Waals surface area contributed by atoms with Crippen molar-refractivity contribution in [2.24, 2.45) is 0 Å². The van der Waals surface area contributed by atoms with Gasteiger partial charge >= 0.3 is 0 Å². The predicted molar refractivity (Wildman–Crippen MR) is 96.1 cm³/mol. The maximum absolute atomic E-state index is 13.8. The monoisotopic (exact) mass is 330 g/mol. The zero-order chi connectivity index (χ0) is 17.7. The first-order valence-electron chi connectivity index (χ1n) is 8.63. The number of halogens is 1. The molecule has 2 aromatic carbocycles. The summed E-state index contributed by atoms with van der Waals surface area (Å²) in [5.74, 6) is -0.0438. The van der Waals surface area contributed by atoms with E-state index in [1.165, 1.54) is 12.1 Å². The van der Waals surface area contributed by atoms with E-state index in [4.69, 9.17) is 0 Å². The van der Waals surface area contributed by atoms with Crippen molar-refractivity contribution >= 4 is 0 Å². The molecule has 0 aliphatic heterocycles. The van der Waals surface area contributed by atoms with Crippen LogP contribution in [-0.2, 0) is 5.41 Å². The second-order valence-electron chi connectivity index (χ2n) is 7.06. The number of hydrogen-bond acceptors (Lipinski definition) is 2. The molecule has 2 N–H and O–H groups in total. The smallest absolute Gasteiger partial charge is 0.123 e. The summed E-state index contributed by atoms with van der Waals surface area (Å²) in [6, 6.07) is 11.5. The van der Waals surface area contributed by atoms with Crippen molar-refractivity contribution < 1.29 is 14.6 Å². The minimum absolute atomic E-state index is 0.0459. The second-order valence-corrected chi connectivity index (χ2v) is 7.06. The molecule has 2 aromatic rings. The van der Waals surface area contributed by atoms with E-state index >= 15 is 0 Å². The predicted octanol–water partition coefficient (Wildman–Crippen LogP) is 5.88. The molecule has 1 atom stereocenters. The van der Waals surface area contributed by atoms with Crippen LogP contribution in [0.1, 0.15) is 63.5 Å². The van der Waals surface area contributed by atoms with Crippen molar-refractivity contribution in [3.63, 3.8) is 0 Å². The van der Waals surface area contributed by atoms with Gasteiger partial charge in [0.2, 0.25) is 0 Å². The first-order valence-corrected chi connectivity index (χ1v) is 8.63. The molecule has 0 radical (unpaired) electrons. The molecule has 0 aliphatic rings. The van der Waals surface area contributed by atoms with Gasteiger partial charge in [-0.1, -0.05) is 52.2 Å². The molecular formula is C21H27FO2. The van der Waals surface area contributed by atoms with Gasteiger partial charge in [-0.2, -0.15) is 0 Å². The lowest BCUT2D eigenvalue weighted by molar-refractivity contribution is 0.371. The lowest BCUT2D eigenvalue weighted by Gasteiger charge is -2.36. The Morgan fingerprint density at radius 1 is 1.00 bits per heavy atom. The van der Waals surface area contributed by atoms with Crippen molar-refractivity contribution in [2.75, 3.05) is 0 Å². The van der Waals surface area contributed by atoms with Crippen LogP contribution in [0.3, 0.4) is 0 Å². The van der Waals surface area contributed by atoms with Crippen molar-refractivity contribution in [3.05, 3.63) is 59.4 Å². The van der Waals surface area contributed by atoms with E-state index in [9.17, 15) is 14.6 Å². The zero-order valence-corrected chi connectivity index (χ0v) is 14.7. The third kappa shape index (κ3) is 4.28. The van der Waals surface area contributed by atoms with Crippen LogP contribution in [-0.4, -0.2) is 10.2 Å². The van der Waals surface area contributed by atoms with E-state index in [2.05, 4.69) is 20.8 Å². The standard InChI is InChI=1S/C21H27FO2/c1-4-5-6-10-20(15-8-7-9-17(22)11-15)21(2,3)16-12-18(23)14-19(24)13-16/h7-9,11-14,20,23-24H,4-6,10H2,1-3H3/t20-/m0/s1. The van der Waals surface area contributed by atoms with Crippen molar-refractivity contribution in [3.8, 4) is 11.5 Å². The van der Waals surface area contributed by atoms with Crippen LogP contribution >= 0.6 is 0 Å². The molecule has 0 aliphatic carbocycles. The van der Waals surface area contributed by atoms with E-state index < -0.39 is 0 Å². The molecule has 2 rings (SSSR count). The van der Waals surface area contributed by atoms with Gasteiger partial charge in [-0.25, -0.2) is 4.39 Å². The summed E-state index contributed by atoms with van der Waals surface area (Å²) in [4.78, 5) is 0. The van der Waals surface area contributed by atoms with Gasteiger partial charge < -0.3 is 10.2 Å². The third-order valence-corrected chi connectivity index (χ3v) is 4.87. The van der Waals surface area contributed by atoms with Gasteiger partial charge in [-0.05, 0) is 53.1 Å². The molecule has 0 saturated carbocycles. The summed E-state index contributed by atoms with van der Waals surface area (Å²) in [6.45, 7) is 6.33. The minimum atomic E-state index is -0.349. The molecule has 130 valence electrons. The quantitative estimate of drug-likeness (QED) is 0.622. The Bertz CT molecular complexity index is 659. The van der Waals surface area contributed by atoms with Gasteiger partial charge in [0.05, 0.1) is 0 Å². The molecule has 2 nitrogen and oxygen atoms in total. The summed E-state index contributed by atoms with van der Waals surface area (Å²) in [7, 11) is 0. The molecule has 0 aromatic heterocycles. The Hall–Kier alpha value is -2.03. The number of rotatable bonds is 7.